The number of amides is 2. The summed E-state index contributed by atoms with van der Waals surface area (Å²) in [6.07, 6.45) is -4.77. The number of hydrogen-bond acceptors (Lipinski definition) is 7. The molecule has 2 N–H and O–H groups in total. The molecule has 2 aliphatic rings. The van der Waals surface area contributed by atoms with E-state index in [1.165, 1.54) is 37.4 Å². The summed E-state index contributed by atoms with van der Waals surface area (Å²) in [6, 6.07) is 8.82. The standard InChI is InChI=1S/C22H15F3N2O5S2/c1-32-13-8-9(6-7-12(13)28)14-15-17(33-18-16(14)34-21(31)26-18)20(30)27(19(15)29)11-5-3-2-4-10(11)22(23,24)25/h2-8,14-15,17,28H,1H3,(H,26,31). The fourth-order valence-corrected chi connectivity index (χ4v) is 6.92. The van der Waals surface area contributed by atoms with Gasteiger partial charge in [0.15, 0.2) is 11.5 Å². The first-order chi connectivity index (χ1) is 16.1. The van der Waals surface area contributed by atoms with Crippen molar-refractivity contribution in [1.29, 1.82) is 0 Å². The number of methoxy groups -OCH3 is 1. The lowest BCUT2D eigenvalue weighted by molar-refractivity contribution is -0.137. The van der Waals surface area contributed by atoms with Gasteiger partial charge < -0.3 is 14.8 Å². The molecule has 0 radical (unpaired) electrons. The highest BCUT2D eigenvalue weighted by molar-refractivity contribution is 8.00. The SMILES string of the molecule is COc1cc(C2c3sc(=O)[nH]c3SC3C(=O)N(c4ccccc4C(F)(F)F)C(=O)C32)ccc1O. The number of phenols is 1. The van der Waals surface area contributed by atoms with E-state index in [2.05, 4.69) is 4.98 Å². The summed E-state index contributed by atoms with van der Waals surface area (Å²) in [5.41, 5.74) is -1.14. The van der Waals surface area contributed by atoms with E-state index in [4.69, 9.17) is 4.74 Å². The summed E-state index contributed by atoms with van der Waals surface area (Å²) in [5.74, 6) is -3.48. The minimum absolute atomic E-state index is 0.118. The highest BCUT2D eigenvalue weighted by Crippen LogP contribution is 2.54. The summed E-state index contributed by atoms with van der Waals surface area (Å²) in [6.45, 7) is 0. The first kappa shape index (κ1) is 22.5. The summed E-state index contributed by atoms with van der Waals surface area (Å²) in [5, 5.41) is 9.34. The molecule has 3 aromatic rings. The van der Waals surface area contributed by atoms with Crippen LogP contribution in [-0.4, -0.2) is 34.3 Å². The number of anilines is 1. The lowest BCUT2D eigenvalue weighted by Crippen LogP contribution is -2.33. The molecule has 7 nitrogen and oxygen atoms in total. The van der Waals surface area contributed by atoms with E-state index >= 15 is 0 Å². The molecule has 2 aliphatic heterocycles. The van der Waals surface area contributed by atoms with Crippen LogP contribution in [0.5, 0.6) is 11.5 Å². The molecule has 0 spiro atoms. The van der Waals surface area contributed by atoms with E-state index < -0.39 is 46.3 Å². The number of imide groups is 1. The zero-order valence-electron chi connectivity index (χ0n) is 17.3. The minimum atomic E-state index is -4.77. The smallest absolute Gasteiger partial charge is 0.418 e. The number of hydrogen-bond donors (Lipinski definition) is 2. The number of thiazole rings is 1. The third-order valence-electron chi connectivity index (χ3n) is 5.84. The molecule has 0 saturated carbocycles. The molecular weight excluding hydrogens is 493 g/mol. The maximum Gasteiger partial charge on any atom is 0.418 e. The maximum absolute atomic E-state index is 13.7. The number of nitrogens with one attached hydrogen (secondary N) is 1. The topological polar surface area (TPSA) is 99.7 Å². The summed E-state index contributed by atoms with van der Waals surface area (Å²) in [7, 11) is 1.35. The van der Waals surface area contributed by atoms with E-state index in [1.54, 1.807) is 0 Å². The second kappa shape index (κ2) is 7.91. The fraction of sp³-hybridized carbons (Fsp3) is 0.227. The summed E-state index contributed by atoms with van der Waals surface area (Å²) >= 11 is 1.83. The molecule has 3 heterocycles. The molecule has 5 rings (SSSR count). The number of ether oxygens (including phenoxy) is 1. The number of nitrogens with zero attached hydrogens (tertiary/aromatic N) is 1. The largest absolute Gasteiger partial charge is 0.504 e. The lowest BCUT2D eigenvalue weighted by atomic mass is 9.83. The molecule has 3 unspecified atom stereocenters. The van der Waals surface area contributed by atoms with Gasteiger partial charge in [0.25, 0.3) is 0 Å². The molecule has 12 heteroatoms. The number of rotatable bonds is 3. The number of carbonyl (C=O) groups excluding carboxylic acids is 2. The van der Waals surface area contributed by atoms with Gasteiger partial charge in [0.1, 0.15) is 5.25 Å². The fourth-order valence-electron chi connectivity index (χ4n) is 4.41. The average Bonchev–Trinajstić information content (AvgIpc) is 3.28. The minimum Gasteiger partial charge on any atom is -0.504 e. The van der Waals surface area contributed by atoms with E-state index in [-0.39, 0.29) is 16.4 Å². The molecule has 1 fully saturated rings. The number of carbonyl (C=O) groups is 2. The first-order valence-corrected chi connectivity index (χ1v) is 11.6. The molecule has 176 valence electrons. The van der Waals surface area contributed by atoms with Crippen molar-refractivity contribution in [2.24, 2.45) is 5.92 Å². The normalized spacial score (nSPS) is 22.0. The van der Waals surface area contributed by atoms with Crippen LogP contribution >= 0.6 is 23.1 Å². The number of benzene rings is 2. The number of aromatic amines is 1. The zero-order valence-corrected chi connectivity index (χ0v) is 18.9. The number of alkyl halides is 3. The van der Waals surface area contributed by atoms with Gasteiger partial charge in [-0.2, -0.15) is 13.2 Å². The van der Waals surface area contributed by atoms with E-state index in [9.17, 15) is 32.7 Å². The van der Waals surface area contributed by atoms with Crippen LogP contribution in [0.15, 0.2) is 52.3 Å². The average molecular weight is 508 g/mol. The van der Waals surface area contributed by atoms with Crippen LogP contribution in [0.1, 0.15) is 21.9 Å². The van der Waals surface area contributed by atoms with Crippen molar-refractivity contribution in [3.8, 4) is 11.5 Å². The van der Waals surface area contributed by atoms with Gasteiger partial charge in [-0.15, -0.1) is 0 Å². The molecule has 2 amide bonds. The predicted molar refractivity (Wildman–Crippen MR) is 119 cm³/mol. The molecule has 0 bridgehead atoms. The quantitative estimate of drug-likeness (QED) is 0.520. The highest BCUT2D eigenvalue weighted by Gasteiger charge is 2.57. The summed E-state index contributed by atoms with van der Waals surface area (Å²) in [4.78, 5) is 42.5. The van der Waals surface area contributed by atoms with Crippen LogP contribution in [0.2, 0.25) is 0 Å². The number of phenolic OH excluding ortho intramolecular Hbond substituents is 1. The lowest BCUT2D eigenvalue weighted by Gasteiger charge is -2.30. The van der Waals surface area contributed by atoms with Crippen molar-refractivity contribution in [2.45, 2.75) is 22.4 Å². The van der Waals surface area contributed by atoms with Crippen molar-refractivity contribution in [1.82, 2.24) is 4.98 Å². The Morgan fingerprint density at radius 2 is 1.82 bits per heavy atom. The van der Waals surface area contributed by atoms with Crippen molar-refractivity contribution in [2.75, 3.05) is 12.0 Å². The molecule has 1 aromatic heterocycles. The Morgan fingerprint density at radius 3 is 2.53 bits per heavy atom. The molecular formula is C22H15F3N2O5S2. The van der Waals surface area contributed by atoms with E-state index in [1.807, 2.05) is 0 Å². The van der Waals surface area contributed by atoms with Gasteiger partial charge in [0.05, 0.1) is 29.3 Å². The van der Waals surface area contributed by atoms with Crippen LogP contribution < -0.4 is 14.5 Å². The van der Waals surface area contributed by atoms with Gasteiger partial charge in [-0.25, -0.2) is 4.90 Å². The van der Waals surface area contributed by atoms with Gasteiger partial charge in [-0.05, 0) is 29.8 Å². The number of aromatic hydroxyl groups is 1. The zero-order chi connectivity index (χ0) is 24.4. The number of thioether (sulfide) groups is 1. The monoisotopic (exact) mass is 508 g/mol. The van der Waals surface area contributed by atoms with Crippen molar-refractivity contribution < 1.29 is 32.6 Å². The number of aromatic nitrogens is 1. The molecule has 34 heavy (non-hydrogen) atoms. The molecule has 3 atom stereocenters. The Morgan fingerprint density at radius 1 is 1.09 bits per heavy atom. The maximum atomic E-state index is 13.7. The van der Waals surface area contributed by atoms with E-state index in [0.717, 1.165) is 35.2 Å². The van der Waals surface area contributed by atoms with Gasteiger partial charge >= 0.3 is 11.0 Å². The number of fused-ring (bicyclic) bond motifs is 2. The Kier molecular flexibility index (Phi) is 5.24. The predicted octanol–water partition coefficient (Wildman–Crippen LogP) is 3.97. The number of para-hydroxylation sites is 1. The van der Waals surface area contributed by atoms with Crippen molar-refractivity contribution in [3.63, 3.8) is 0 Å². The van der Waals surface area contributed by atoms with E-state index in [0.29, 0.717) is 20.4 Å². The second-order valence-corrected chi connectivity index (χ2v) is 9.87. The van der Waals surface area contributed by atoms with Crippen molar-refractivity contribution in [3.05, 3.63) is 68.1 Å². The second-order valence-electron chi connectivity index (χ2n) is 7.71. The number of H-pyrrole nitrogens is 1. The first-order valence-electron chi connectivity index (χ1n) is 9.92. The molecule has 1 saturated heterocycles. The van der Waals surface area contributed by atoms with Crippen LogP contribution in [-0.2, 0) is 15.8 Å². The molecule has 2 aromatic carbocycles. The Labute approximate surface area is 198 Å². The van der Waals surface area contributed by atoms with Crippen LogP contribution in [0.4, 0.5) is 18.9 Å². The Balaban J connectivity index is 1.67. The van der Waals surface area contributed by atoms with Crippen LogP contribution in [0, 0.1) is 5.92 Å². The summed E-state index contributed by atoms with van der Waals surface area (Å²) < 4.78 is 46.2. The van der Waals surface area contributed by atoms with Crippen LogP contribution in [0.25, 0.3) is 0 Å². The van der Waals surface area contributed by atoms with Gasteiger partial charge in [0, 0.05) is 10.8 Å². The highest BCUT2D eigenvalue weighted by atomic mass is 32.2. The third-order valence-corrected chi connectivity index (χ3v) is 8.24. The van der Waals surface area contributed by atoms with Crippen LogP contribution in [0.3, 0.4) is 0 Å². The van der Waals surface area contributed by atoms with Crippen molar-refractivity contribution >= 4 is 40.6 Å². The number of halogens is 3. The Bertz CT molecular complexity index is 1380. The molecule has 0 aliphatic carbocycles. The van der Waals surface area contributed by atoms with Gasteiger partial charge in [0.2, 0.25) is 11.8 Å². The van der Waals surface area contributed by atoms with Gasteiger partial charge in [-0.3, -0.25) is 14.4 Å². The third kappa shape index (κ3) is 3.40. The Hall–Kier alpha value is -3.25. The van der Waals surface area contributed by atoms with Gasteiger partial charge in [-0.1, -0.05) is 41.3 Å².